The smallest absolute Gasteiger partial charge is 0.267 e. The van der Waals surface area contributed by atoms with Crippen LogP contribution < -0.4 is 14.4 Å². The van der Waals surface area contributed by atoms with Crippen molar-refractivity contribution in [3.63, 3.8) is 0 Å². The molecule has 0 unspecified atom stereocenters. The molecule has 0 saturated carbocycles. The fraction of sp³-hybridized carbons (Fsp3) is 0.333. The number of amides is 1. The fourth-order valence-corrected chi connectivity index (χ4v) is 4.05. The number of rotatable bonds is 3. The van der Waals surface area contributed by atoms with Crippen molar-refractivity contribution in [2.45, 2.75) is 25.7 Å². The molecule has 3 rings (SSSR count). The van der Waals surface area contributed by atoms with Gasteiger partial charge in [-0.3, -0.25) is 9.52 Å². The minimum absolute atomic E-state index is 0.0138. The van der Waals surface area contributed by atoms with E-state index in [1.165, 1.54) is 13.8 Å². The summed E-state index contributed by atoms with van der Waals surface area (Å²) >= 11 is 0. The largest absolute Gasteiger partial charge is 0.490 e. The molecule has 8 nitrogen and oxygen atoms in total. The summed E-state index contributed by atoms with van der Waals surface area (Å²) in [5.74, 6) is 0.619. The van der Waals surface area contributed by atoms with Gasteiger partial charge in [-0.1, -0.05) is 5.16 Å². The summed E-state index contributed by atoms with van der Waals surface area (Å²) in [6.45, 7) is 5.37. The lowest BCUT2D eigenvalue weighted by Gasteiger charge is -2.29. The highest BCUT2D eigenvalue weighted by molar-refractivity contribution is 7.92. The van der Waals surface area contributed by atoms with Crippen LogP contribution >= 0.6 is 0 Å². The molecule has 2 heterocycles. The van der Waals surface area contributed by atoms with E-state index in [0.717, 1.165) is 0 Å². The van der Waals surface area contributed by atoms with Gasteiger partial charge in [0, 0.05) is 6.92 Å². The van der Waals surface area contributed by atoms with Crippen molar-refractivity contribution >= 4 is 27.3 Å². The number of benzene rings is 1. The van der Waals surface area contributed by atoms with E-state index in [9.17, 15) is 13.2 Å². The van der Waals surface area contributed by atoms with Crippen molar-refractivity contribution in [3.8, 4) is 5.75 Å². The molecule has 1 aromatic heterocycles. The summed E-state index contributed by atoms with van der Waals surface area (Å²) in [6, 6.07) is 4.79. The van der Waals surface area contributed by atoms with Crippen molar-refractivity contribution in [2.24, 2.45) is 0 Å². The first-order valence-electron chi connectivity index (χ1n) is 7.30. The molecule has 24 heavy (non-hydrogen) atoms. The Morgan fingerprint density at radius 1 is 1.33 bits per heavy atom. The molecule has 0 fully saturated rings. The second-order valence-electron chi connectivity index (χ2n) is 5.46. The number of aromatic nitrogens is 1. The molecular formula is C15H17N3O5S. The maximum absolute atomic E-state index is 12.6. The van der Waals surface area contributed by atoms with Gasteiger partial charge in [-0.25, -0.2) is 8.42 Å². The first-order valence-corrected chi connectivity index (χ1v) is 8.78. The second-order valence-corrected chi connectivity index (χ2v) is 7.08. The number of hydrogen-bond acceptors (Lipinski definition) is 6. The third-order valence-corrected chi connectivity index (χ3v) is 5.32. The summed E-state index contributed by atoms with van der Waals surface area (Å²) in [5, 5.41) is 3.66. The molecule has 128 valence electrons. The summed E-state index contributed by atoms with van der Waals surface area (Å²) in [7, 11) is -3.85. The van der Waals surface area contributed by atoms with Crippen LogP contribution in [-0.4, -0.2) is 32.6 Å². The SMILES string of the molecule is CC(=O)N1CCOc2ccc(NS(=O)(=O)c3c(C)noc3C)cc21. The molecule has 1 N–H and O–H groups in total. The molecular weight excluding hydrogens is 334 g/mol. The molecule has 0 bridgehead atoms. The van der Waals surface area contributed by atoms with Gasteiger partial charge < -0.3 is 14.2 Å². The Bertz CT molecular complexity index is 884. The molecule has 1 aliphatic heterocycles. The maximum atomic E-state index is 12.6. The highest BCUT2D eigenvalue weighted by Crippen LogP contribution is 2.35. The van der Waals surface area contributed by atoms with E-state index in [2.05, 4.69) is 9.88 Å². The number of sulfonamides is 1. The minimum Gasteiger partial charge on any atom is -0.490 e. The normalized spacial score (nSPS) is 14.0. The Balaban J connectivity index is 1.97. The highest BCUT2D eigenvalue weighted by Gasteiger charge is 2.26. The van der Waals surface area contributed by atoms with Crippen molar-refractivity contribution in [1.82, 2.24) is 5.16 Å². The van der Waals surface area contributed by atoms with Gasteiger partial charge in [0.05, 0.1) is 17.9 Å². The Morgan fingerprint density at radius 2 is 2.08 bits per heavy atom. The van der Waals surface area contributed by atoms with Gasteiger partial charge in [-0.2, -0.15) is 0 Å². The lowest BCUT2D eigenvalue weighted by atomic mass is 10.2. The van der Waals surface area contributed by atoms with Crippen molar-refractivity contribution in [2.75, 3.05) is 22.8 Å². The zero-order valence-electron chi connectivity index (χ0n) is 13.5. The highest BCUT2D eigenvalue weighted by atomic mass is 32.2. The molecule has 0 atom stereocenters. The van der Waals surface area contributed by atoms with E-state index in [1.54, 1.807) is 30.0 Å². The maximum Gasteiger partial charge on any atom is 0.267 e. The van der Waals surface area contributed by atoms with Gasteiger partial charge in [0.25, 0.3) is 10.0 Å². The van der Waals surface area contributed by atoms with Crippen LogP contribution in [0.1, 0.15) is 18.4 Å². The number of carbonyl (C=O) groups excluding carboxylic acids is 1. The van der Waals surface area contributed by atoms with Crippen LogP contribution in [0.4, 0.5) is 11.4 Å². The van der Waals surface area contributed by atoms with Gasteiger partial charge in [0.1, 0.15) is 18.1 Å². The molecule has 0 aliphatic carbocycles. The third kappa shape index (κ3) is 2.82. The van der Waals surface area contributed by atoms with Crippen molar-refractivity contribution in [1.29, 1.82) is 0 Å². The van der Waals surface area contributed by atoms with Gasteiger partial charge in [0.2, 0.25) is 5.91 Å². The minimum atomic E-state index is -3.85. The zero-order chi connectivity index (χ0) is 17.5. The number of nitrogens with one attached hydrogen (secondary N) is 1. The molecule has 1 aliphatic rings. The zero-order valence-corrected chi connectivity index (χ0v) is 14.3. The first-order chi connectivity index (χ1) is 11.3. The van der Waals surface area contributed by atoms with Crippen molar-refractivity contribution < 1.29 is 22.5 Å². The Kier molecular flexibility index (Phi) is 3.96. The first kappa shape index (κ1) is 16.3. The average molecular weight is 351 g/mol. The lowest BCUT2D eigenvalue weighted by Crippen LogP contribution is -2.36. The van der Waals surface area contributed by atoms with E-state index in [-0.39, 0.29) is 22.3 Å². The molecule has 1 amide bonds. The van der Waals surface area contributed by atoms with Crippen LogP contribution in [0.3, 0.4) is 0 Å². The van der Waals surface area contributed by atoms with E-state index in [0.29, 0.717) is 30.3 Å². The van der Waals surface area contributed by atoms with Gasteiger partial charge in [-0.05, 0) is 32.0 Å². The second kappa shape index (κ2) is 5.82. The number of anilines is 2. The van der Waals surface area contributed by atoms with Gasteiger partial charge >= 0.3 is 0 Å². The van der Waals surface area contributed by atoms with E-state index >= 15 is 0 Å². The van der Waals surface area contributed by atoms with E-state index in [1.807, 2.05) is 0 Å². The van der Waals surface area contributed by atoms with Crippen LogP contribution in [0.25, 0.3) is 0 Å². The van der Waals surface area contributed by atoms with Gasteiger partial charge in [0.15, 0.2) is 10.7 Å². The number of fused-ring (bicyclic) bond motifs is 1. The van der Waals surface area contributed by atoms with E-state index in [4.69, 9.17) is 9.26 Å². The molecule has 9 heteroatoms. The topological polar surface area (TPSA) is 102 Å². The molecule has 0 radical (unpaired) electrons. The predicted molar refractivity (Wildman–Crippen MR) is 86.7 cm³/mol. The molecule has 1 aromatic carbocycles. The quantitative estimate of drug-likeness (QED) is 0.905. The predicted octanol–water partition coefficient (Wildman–Crippen LogP) is 1.84. The monoisotopic (exact) mass is 351 g/mol. The Hall–Kier alpha value is -2.55. The van der Waals surface area contributed by atoms with Gasteiger partial charge in [-0.15, -0.1) is 0 Å². The number of carbonyl (C=O) groups is 1. The van der Waals surface area contributed by atoms with Crippen LogP contribution in [0.2, 0.25) is 0 Å². The standard InChI is InChI=1S/C15H17N3O5S/c1-9-15(10(2)23-16-9)24(20,21)17-12-4-5-14-13(8-12)18(11(3)19)6-7-22-14/h4-5,8,17H,6-7H2,1-3H3. The lowest BCUT2D eigenvalue weighted by molar-refractivity contribution is -0.116. The molecule has 0 spiro atoms. The van der Waals surface area contributed by atoms with Crippen LogP contribution in [-0.2, 0) is 14.8 Å². The summed E-state index contributed by atoms with van der Waals surface area (Å²) in [6.07, 6.45) is 0. The Morgan fingerprint density at radius 3 is 2.71 bits per heavy atom. The summed E-state index contributed by atoms with van der Waals surface area (Å²) in [4.78, 5) is 13.3. The summed E-state index contributed by atoms with van der Waals surface area (Å²) < 4.78 is 38.0. The third-order valence-electron chi connectivity index (χ3n) is 3.69. The Labute approximate surface area is 139 Å². The molecule has 2 aromatic rings. The van der Waals surface area contributed by atoms with Crippen molar-refractivity contribution in [3.05, 3.63) is 29.7 Å². The fourth-order valence-electron chi connectivity index (χ4n) is 2.67. The number of nitrogens with zero attached hydrogens (tertiary/aromatic N) is 2. The number of ether oxygens (including phenoxy) is 1. The molecule has 0 saturated heterocycles. The van der Waals surface area contributed by atoms with Crippen LogP contribution in [0.15, 0.2) is 27.6 Å². The van der Waals surface area contributed by atoms with E-state index < -0.39 is 10.0 Å². The van der Waals surface area contributed by atoms with Crippen LogP contribution in [0, 0.1) is 13.8 Å². The average Bonchev–Trinajstić information content (AvgIpc) is 2.85. The number of hydrogen-bond donors (Lipinski definition) is 1. The van der Waals surface area contributed by atoms with Crippen LogP contribution in [0.5, 0.6) is 5.75 Å². The number of aryl methyl sites for hydroxylation is 2. The summed E-state index contributed by atoms with van der Waals surface area (Å²) in [5.41, 5.74) is 1.14.